The number of unbranched alkanes of at least 4 members (excludes halogenated alkanes) is 1. The smallest absolute Gasteiger partial charge is 0.416 e. The van der Waals surface area contributed by atoms with Gasteiger partial charge in [0, 0.05) is 0 Å². The first kappa shape index (κ1) is 18.0. The fourth-order valence-corrected chi connectivity index (χ4v) is 2.48. The summed E-state index contributed by atoms with van der Waals surface area (Å²) in [6, 6.07) is 5.27. The second kappa shape index (κ2) is 7.19. The summed E-state index contributed by atoms with van der Waals surface area (Å²) in [4.78, 5) is 12.5. The molecule has 0 amide bonds. The van der Waals surface area contributed by atoms with Crippen molar-refractivity contribution in [2.24, 2.45) is 0 Å². The molecule has 0 aliphatic carbocycles. The highest BCUT2D eigenvalue weighted by atomic mass is 19.4. The standard InChI is InChI=1S/C17H18F3N5O/c1-2-3-7-26-16-23-14(21)13-15(24-16)25(10-22-13)9-11-5-4-6-12(8-11)17(18,19)20/h4-6,8,10H,2-3,7,9H2,1H3,(H2,21,23,24). The predicted molar refractivity (Wildman–Crippen MR) is 90.7 cm³/mol. The molecule has 3 rings (SSSR count). The number of hydrogen-bond donors (Lipinski definition) is 1. The number of nitrogens with two attached hydrogens (primary N) is 1. The topological polar surface area (TPSA) is 78.9 Å². The Morgan fingerprint density at radius 2 is 2.04 bits per heavy atom. The van der Waals surface area contributed by atoms with E-state index in [1.165, 1.54) is 12.4 Å². The fraction of sp³-hybridized carbons (Fsp3) is 0.353. The maximum Gasteiger partial charge on any atom is 0.416 e. The molecular formula is C17H18F3N5O. The first-order valence-electron chi connectivity index (χ1n) is 8.15. The van der Waals surface area contributed by atoms with Gasteiger partial charge < -0.3 is 15.0 Å². The molecule has 2 aromatic heterocycles. The molecule has 0 radical (unpaired) electrons. The van der Waals surface area contributed by atoms with E-state index < -0.39 is 11.7 Å². The molecule has 3 aromatic rings. The molecule has 2 heterocycles. The third kappa shape index (κ3) is 3.87. The maximum absolute atomic E-state index is 12.9. The van der Waals surface area contributed by atoms with E-state index in [1.54, 1.807) is 10.6 Å². The van der Waals surface area contributed by atoms with Crippen molar-refractivity contribution in [1.82, 2.24) is 19.5 Å². The van der Waals surface area contributed by atoms with Crippen LogP contribution in [0.2, 0.25) is 0 Å². The molecular weight excluding hydrogens is 347 g/mol. The van der Waals surface area contributed by atoms with E-state index in [-0.39, 0.29) is 18.4 Å². The zero-order valence-electron chi connectivity index (χ0n) is 14.1. The molecule has 2 N–H and O–H groups in total. The summed E-state index contributed by atoms with van der Waals surface area (Å²) in [6.07, 6.45) is -1.10. The van der Waals surface area contributed by atoms with E-state index >= 15 is 0 Å². The van der Waals surface area contributed by atoms with Gasteiger partial charge in [-0.3, -0.25) is 0 Å². The molecule has 9 heteroatoms. The number of alkyl halides is 3. The number of hydrogen-bond acceptors (Lipinski definition) is 5. The van der Waals surface area contributed by atoms with Crippen LogP contribution in [0.4, 0.5) is 19.0 Å². The minimum atomic E-state index is -4.39. The van der Waals surface area contributed by atoms with Gasteiger partial charge >= 0.3 is 12.2 Å². The van der Waals surface area contributed by atoms with Crippen molar-refractivity contribution >= 4 is 17.0 Å². The number of fused-ring (bicyclic) bond motifs is 1. The number of imidazole rings is 1. The Hall–Kier alpha value is -2.84. The van der Waals surface area contributed by atoms with Crippen molar-refractivity contribution in [1.29, 1.82) is 0 Å². The van der Waals surface area contributed by atoms with Crippen LogP contribution in [0.15, 0.2) is 30.6 Å². The Kier molecular flexibility index (Phi) is 4.97. The molecule has 6 nitrogen and oxygen atoms in total. The Labute approximate surface area is 147 Å². The minimum Gasteiger partial charge on any atom is -0.463 e. The molecule has 0 atom stereocenters. The van der Waals surface area contributed by atoms with E-state index in [2.05, 4.69) is 15.0 Å². The summed E-state index contributed by atoms with van der Waals surface area (Å²) in [5, 5.41) is 0. The molecule has 0 saturated heterocycles. The number of benzene rings is 1. The van der Waals surface area contributed by atoms with E-state index in [1.807, 2.05) is 6.92 Å². The Bertz CT molecular complexity index is 907. The van der Waals surface area contributed by atoms with Gasteiger partial charge in [-0.15, -0.1) is 0 Å². The van der Waals surface area contributed by atoms with Crippen LogP contribution in [-0.2, 0) is 12.7 Å². The van der Waals surface area contributed by atoms with E-state index in [0.717, 1.165) is 25.0 Å². The lowest BCUT2D eigenvalue weighted by molar-refractivity contribution is -0.137. The third-order valence-corrected chi connectivity index (χ3v) is 3.81. The van der Waals surface area contributed by atoms with Crippen LogP contribution >= 0.6 is 0 Å². The Morgan fingerprint density at radius 3 is 2.77 bits per heavy atom. The van der Waals surface area contributed by atoms with Crippen molar-refractivity contribution in [2.75, 3.05) is 12.3 Å². The molecule has 1 aromatic carbocycles. The summed E-state index contributed by atoms with van der Waals surface area (Å²) in [7, 11) is 0. The number of nitrogen functional groups attached to an aromatic ring is 1. The van der Waals surface area contributed by atoms with Gasteiger partial charge in [-0.25, -0.2) is 4.98 Å². The molecule has 138 valence electrons. The molecule has 0 fully saturated rings. The Morgan fingerprint density at radius 1 is 1.23 bits per heavy atom. The lowest BCUT2D eigenvalue weighted by atomic mass is 10.1. The first-order valence-corrected chi connectivity index (χ1v) is 8.15. The molecule has 26 heavy (non-hydrogen) atoms. The summed E-state index contributed by atoms with van der Waals surface area (Å²) in [5.74, 6) is 0.171. The molecule has 0 bridgehead atoms. The van der Waals surface area contributed by atoms with Crippen LogP contribution < -0.4 is 10.5 Å². The maximum atomic E-state index is 12.9. The molecule has 0 spiro atoms. The zero-order valence-corrected chi connectivity index (χ0v) is 14.1. The SMILES string of the molecule is CCCCOc1nc(N)c2ncn(Cc3cccc(C(F)(F)F)c3)c2n1. The van der Waals surface area contributed by atoms with Crippen LogP contribution in [0.5, 0.6) is 6.01 Å². The van der Waals surface area contributed by atoms with Crippen molar-refractivity contribution in [2.45, 2.75) is 32.5 Å². The third-order valence-electron chi connectivity index (χ3n) is 3.81. The highest BCUT2D eigenvalue weighted by Crippen LogP contribution is 2.30. The monoisotopic (exact) mass is 365 g/mol. The quantitative estimate of drug-likeness (QED) is 0.675. The number of rotatable bonds is 6. The Balaban J connectivity index is 1.91. The minimum absolute atomic E-state index is 0.134. The van der Waals surface area contributed by atoms with Crippen LogP contribution in [0.3, 0.4) is 0 Å². The second-order valence-corrected chi connectivity index (χ2v) is 5.84. The van der Waals surface area contributed by atoms with Gasteiger partial charge in [0.15, 0.2) is 17.0 Å². The largest absolute Gasteiger partial charge is 0.463 e. The van der Waals surface area contributed by atoms with E-state index in [9.17, 15) is 13.2 Å². The average Bonchev–Trinajstić information content (AvgIpc) is 2.98. The van der Waals surface area contributed by atoms with Crippen molar-refractivity contribution < 1.29 is 17.9 Å². The fourth-order valence-electron chi connectivity index (χ4n) is 2.48. The van der Waals surface area contributed by atoms with Gasteiger partial charge in [-0.2, -0.15) is 23.1 Å². The normalized spacial score (nSPS) is 11.8. The van der Waals surface area contributed by atoms with Crippen molar-refractivity contribution in [3.8, 4) is 6.01 Å². The average molecular weight is 365 g/mol. The summed E-state index contributed by atoms with van der Waals surface area (Å²) in [5.41, 5.74) is 6.48. The number of nitrogens with zero attached hydrogens (tertiary/aromatic N) is 4. The van der Waals surface area contributed by atoms with Gasteiger partial charge in [0.05, 0.1) is 25.0 Å². The number of halogens is 3. The van der Waals surface area contributed by atoms with Gasteiger partial charge in [-0.1, -0.05) is 25.5 Å². The lowest BCUT2D eigenvalue weighted by Crippen LogP contribution is -2.08. The number of anilines is 1. The number of ether oxygens (including phenoxy) is 1. The van der Waals surface area contributed by atoms with Crippen LogP contribution in [0.25, 0.3) is 11.2 Å². The van der Waals surface area contributed by atoms with Crippen LogP contribution in [0, 0.1) is 0 Å². The lowest BCUT2D eigenvalue weighted by Gasteiger charge is -2.10. The zero-order chi connectivity index (χ0) is 18.7. The molecule has 0 unspecified atom stereocenters. The van der Waals surface area contributed by atoms with Crippen LogP contribution in [0.1, 0.15) is 30.9 Å². The van der Waals surface area contributed by atoms with Crippen molar-refractivity contribution in [3.05, 3.63) is 41.7 Å². The highest BCUT2D eigenvalue weighted by molar-refractivity contribution is 5.81. The molecule has 0 saturated carbocycles. The number of aromatic nitrogens is 4. The van der Waals surface area contributed by atoms with Gasteiger partial charge in [0.1, 0.15) is 0 Å². The van der Waals surface area contributed by atoms with Gasteiger partial charge in [-0.05, 0) is 24.1 Å². The van der Waals surface area contributed by atoms with E-state index in [0.29, 0.717) is 23.3 Å². The first-order chi connectivity index (χ1) is 12.4. The summed E-state index contributed by atoms with van der Waals surface area (Å²) in [6.45, 7) is 2.67. The van der Waals surface area contributed by atoms with Crippen LogP contribution in [-0.4, -0.2) is 26.1 Å². The second-order valence-electron chi connectivity index (χ2n) is 5.84. The van der Waals surface area contributed by atoms with Gasteiger partial charge in [0.2, 0.25) is 0 Å². The summed E-state index contributed by atoms with van der Waals surface area (Å²) >= 11 is 0. The summed E-state index contributed by atoms with van der Waals surface area (Å²) < 4.78 is 45.7. The molecule has 0 aliphatic rings. The van der Waals surface area contributed by atoms with Crippen molar-refractivity contribution in [3.63, 3.8) is 0 Å². The van der Waals surface area contributed by atoms with E-state index in [4.69, 9.17) is 10.5 Å². The molecule has 0 aliphatic heterocycles. The predicted octanol–water partition coefficient (Wildman–Crippen LogP) is 3.65. The van der Waals surface area contributed by atoms with Gasteiger partial charge in [0.25, 0.3) is 0 Å². The highest BCUT2D eigenvalue weighted by Gasteiger charge is 2.30.